The zero-order valence-corrected chi connectivity index (χ0v) is 33.0. The van der Waals surface area contributed by atoms with Crippen molar-refractivity contribution in [3.05, 3.63) is 192 Å². The number of para-hydroxylation sites is 2. The smallest absolute Gasteiger partial charge is 0.238 e. The molecule has 8 heteroatoms. The zero-order valence-electron chi connectivity index (χ0n) is 33.0. The lowest BCUT2D eigenvalue weighted by molar-refractivity contribution is 0.607. The lowest BCUT2D eigenvalue weighted by atomic mass is 9.81. The molecular weight excluding hydrogens is 739 g/mol. The summed E-state index contributed by atoms with van der Waals surface area (Å²) in [6.45, 7) is 2.08. The van der Waals surface area contributed by atoms with E-state index in [-0.39, 0.29) is 5.92 Å². The van der Waals surface area contributed by atoms with Gasteiger partial charge in [0.05, 0.1) is 16.6 Å². The molecular formula is C52H39N7O. The molecule has 0 amide bonds. The topological polar surface area (TPSA) is 95.4 Å². The van der Waals surface area contributed by atoms with E-state index in [0.717, 1.165) is 74.3 Å². The highest BCUT2D eigenvalue weighted by molar-refractivity contribution is 6.01. The fourth-order valence-electron chi connectivity index (χ4n) is 9.62. The average molecular weight is 778 g/mol. The van der Waals surface area contributed by atoms with Crippen LogP contribution in [0.25, 0.3) is 67.6 Å². The Morgan fingerprint density at radius 3 is 2.12 bits per heavy atom. The van der Waals surface area contributed by atoms with Gasteiger partial charge in [-0.2, -0.15) is 9.97 Å². The molecule has 288 valence electrons. The summed E-state index contributed by atoms with van der Waals surface area (Å²) in [5.74, 6) is 5.61. The zero-order chi connectivity index (χ0) is 39.8. The lowest BCUT2D eigenvalue weighted by Gasteiger charge is -2.23. The Bertz CT molecular complexity index is 3170. The van der Waals surface area contributed by atoms with Gasteiger partial charge in [0.15, 0.2) is 23.2 Å². The molecule has 0 saturated heterocycles. The van der Waals surface area contributed by atoms with Crippen LogP contribution in [0.1, 0.15) is 53.5 Å². The van der Waals surface area contributed by atoms with E-state index in [4.69, 9.17) is 29.3 Å². The molecule has 60 heavy (non-hydrogen) atoms. The molecule has 2 fully saturated rings. The van der Waals surface area contributed by atoms with E-state index in [1.165, 1.54) is 17.5 Å². The van der Waals surface area contributed by atoms with Crippen LogP contribution >= 0.6 is 0 Å². The van der Waals surface area contributed by atoms with Crippen LogP contribution in [0.3, 0.4) is 0 Å². The summed E-state index contributed by atoms with van der Waals surface area (Å²) in [5, 5.41) is 2.23. The van der Waals surface area contributed by atoms with Gasteiger partial charge in [-0.3, -0.25) is 4.57 Å². The second-order valence-electron chi connectivity index (χ2n) is 16.4. The van der Waals surface area contributed by atoms with Gasteiger partial charge >= 0.3 is 0 Å². The molecule has 4 aromatic heterocycles. The minimum absolute atomic E-state index is 0.127. The second-order valence-corrected chi connectivity index (χ2v) is 16.4. The molecule has 0 aliphatic heterocycles. The van der Waals surface area contributed by atoms with Gasteiger partial charge in [0.25, 0.3) is 0 Å². The second kappa shape index (κ2) is 13.6. The van der Waals surface area contributed by atoms with Crippen molar-refractivity contribution >= 4 is 27.4 Å². The predicted molar refractivity (Wildman–Crippen MR) is 235 cm³/mol. The van der Waals surface area contributed by atoms with Crippen molar-refractivity contribution in [1.29, 1.82) is 0 Å². The lowest BCUT2D eigenvalue weighted by Crippen LogP contribution is -2.21. The molecule has 9 aromatic rings. The van der Waals surface area contributed by atoms with Gasteiger partial charge in [0, 0.05) is 38.9 Å². The van der Waals surface area contributed by atoms with Crippen LogP contribution in [-0.2, 0) is 5.41 Å². The molecule has 2 saturated carbocycles. The van der Waals surface area contributed by atoms with Crippen LogP contribution in [-0.4, -0.2) is 34.5 Å². The Balaban J connectivity index is 0.000000507. The Labute approximate surface area is 347 Å². The quantitative estimate of drug-likeness (QED) is 0.172. The standard InChI is InChI=1S/C45H31N7O.C7H8/c1-3-12-26(13-4-1)40-46-25-47-43(49-40)45-24-33(45)36-32-19-8-10-21-35(32)53-39(36)38-37(45)31-18-7-9-20-34(31)52(38)44-50-41(27-14-5-2-6-15-27)48-42(51-44)29-17-11-16-28-22-30(28)23-29;1-7-5-3-2-4-6-7/h1-21,25,28,30,33H,22-24H2;2-6H,1H3. The molecule has 0 N–H and O–H groups in total. The summed E-state index contributed by atoms with van der Waals surface area (Å²) >= 11 is 0. The van der Waals surface area contributed by atoms with Crippen LogP contribution in [0.4, 0.5) is 0 Å². The number of nitrogens with zero attached hydrogens (tertiary/aromatic N) is 7. The van der Waals surface area contributed by atoms with E-state index in [1.807, 2.05) is 72.8 Å². The van der Waals surface area contributed by atoms with Crippen LogP contribution < -0.4 is 0 Å². The van der Waals surface area contributed by atoms with E-state index < -0.39 is 5.41 Å². The van der Waals surface area contributed by atoms with Crippen LogP contribution in [0.2, 0.25) is 0 Å². The van der Waals surface area contributed by atoms with Gasteiger partial charge in [-0.1, -0.05) is 151 Å². The number of aryl methyl sites for hydroxylation is 1. The highest BCUT2D eigenvalue weighted by Crippen LogP contribution is 2.72. The highest BCUT2D eigenvalue weighted by Gasteiger charge is 2.66. The van der Waals surface area contributed by atoms with Gasteiger partial charge in [-0.15, -0.1) is 0 Å². The van der Waals surface area contributed by atoms with E-state index in [0.29, 0.717) is 35.3 Å². The third kappa shape index (κ3) is 5.58. The van der Waals surface area contributed by atoms with Crippen LogP contribution in [0.15, 0.2) is 168 Å². The van der Waals surface area contributed by atoms with Crippen molar-refractivity contribution in [2.45, 2.75) is 37.5 Å². The first-order valence-electron chi connectivity index (χ1n) is 20.8. The van der Waals surface area contributed by atoms with Crippen molar-refractivity contribution in [1.82, 2.24) is 34.5 Å². The van der Waals surface area contributed by atoms with Gasteiger partial charge in [0.1, 0.15) is 17.7 Å². The Morgan fingerprint density at radius 1 is 0.667 bits per heavy atom. The molecule has 0 spiro atoms. The number of furan rings is 1. The third-order valence-electron chi connectivity index (χ3n) is 12.7. The maximum Gasteiger partial charge on any atom is 0.238 e. The van der Waals surface area contributed by atoms with Crippen LogP contribution in [0, 0.1) is 18.8 Å². The number of hydrogen-bond acceptors (Lipinski definition) is 7. The highest BCUT2D eigenvalue weighted by atomic mass is 16.3. The maximum absolute atomic E-state index is 6.91. The first kappa shape index (κ1) is 34.7. The van der Waals surface area contributed by atoms with Gasteiger partial charge in [-0.25, -0.2) is 19.9 Å². The van der Waals surface area contributed by atoms with Gasteiger partial charge in [0.2, 0.25) is 5.95 Å². The number of rotatable bonds is 5. The number of hydrogen-bond donors (Lipinski definition) is 0. The minimum atomic E-state index is -0.500. The fraction of sp³-hybridized carbons (Fsp3) is 0.154. The van der Waals surface area contributed by atoms with Crippen molar-refractivity contribution in [3.8, 4) is 40.2 Å². The first-order valence-corrected chi connectivity index (χ1v) is 20.8. The van der Waals surface area contributed by atoms with Gasteiger partial charge < -0.3 is 4.42 Å². The maximum atomic E-state index is 6.91. The number of benzene rings is 5. The van der Waals surface area contributed by atoms with Crippen molar-refractivity contribution in [2.24, 2.45) is 11.8 Å². The largest absolute Gasteiger partial charge is 0.454 e. The van der Waals surface area contributed by atoms with Crippen LogP contribution in [0.5, 0.6) is 0 Å². The van der Waals surface area contributed by atoms with E-state index in [1.54, 1.807) is 6.33 Å². The fourth-order valence-corrected chi connectivity index (χ4v) is 9.62. The molecule has 8 nitrogen and oxygen atoms in total. The summed E-state index contributed by atoms with van der Waals surface area (Å²) in [7, 11) is 0. The number of fused-ring (bicyclic) bond motifs is 11. The summed E-state index contributed by atoms with van der Waals surface area (Å²) in [4.78, 5) is 30.6. The molecule has 4 unspecified atom stereocenters. The van der Waals surface area contributed by atoms with E-state index >= 15 is 0 Å². The Hall–Kier alpha value is -7.32. The normalized spacial score (nSPS) is 20.5. The van der Waals surface area contributed by atoms with E-state index in [2.05, 4.69) is 101 Å². The summed E-state index contributed by atoms with van der Waals surface area (Å²) in [6, 6.07) is 47.6. The third-order valence-corrected chi connectivity index (χ3v) is 12.7. The predicted octanol–water partition coefficient (Wildman–Crippen LogP) is 11.5. The van der Waals surface area contributed by atoms with Crippen molar-refractivity contribution in [3.63, 3.8) is 0 Å². The Morgan fingerprint density at radius 2 is 1.35 bits per heavy atom. The van der Waals surface area contributed by atoms with Crippen molar-refractivity contribution in [2.75, 3.05) is 0 Å². The Kier molecular flexibility index (Phi) is 7.88. The monoisotopic (exact) mass is 777 g/mol. The number of allylic oxidation sites excluding steroid dienone is 4. The first-order chi connectivity index (χ1) is 29.6. The van der Waals surface area contributed by atoms with Gasteiger partial charge in [-0.05, 0) is 55.7 Å². The molecule has 5 aromatic carbocycles. The summed E-state index contributed by atoms with van der Waals surface area (Å²) in [6.07, 6.45) is 11.4. The van der Waals surface area contributed by atoms with Crippen molar-refractivity contribution < 1.29 is 4.42 Å². The molecule has 4 heterocycles. The molecule has 0 bridgehead atoms. The molecule has 0 radical (unpaired) electrons. The molecule has 4 aliphatic rings. The summed E-state index contributed by atoms with van der Waals surface area (Å²) < 4.78 is 9.13. The average Bonchev–Trinajstić information content (AvgIpc) is 4.18. The minimum Gasteiger partial charge on any atom is -0.454 e. The van der Waals surface area contributed by atoms with E-state index in [9.17, 15) is 0 Å². The SMILES string of the molecule is C1=CC2CC2CC(c2nc(-c3ccccc3)nc(-n3c4c(c5ccccc53)C3(c5ncnc(-c6ccccc6)n5)CC3c3c-4oc4ccccc34)n2)=C1.Cc1ccccc1. The molecule has 4 atom stereocenters. The molecule has 4 aliphatic carbocycles. The molecule has 13 rings (SSSR count). The number of aromatic nitrogens is 7. The summed E-state index contributed by atoms with van der Waals surface area (Å²) in [5.41, 5.74) is 9.01.